The predicted molar refractivity (Wildman–Crippen MR) is 123 cm³/mol. The lowest BCUT2D eigenvalue weighted by Gasteiger charge is -2.10. The molecule has 164 valence electrons. The van der Waals surface area contributed by atoms with E-state index in [1.54, 1.807) is 31.1 Å². The zero-order valence-electron chi connectivity index (χ0n) is 18.0. The summed E-state index contributed by atoms with van der Waals surface area (Å²) in [5.41, 5.74) is 4.17. The first kappa shape index (κ1) is 21.6. The molecule has 0 aliphatic rings. The molecule has 0 saturated heterocycles. The van der Waals surface area contributed by atoms with Gasteiger partial charge < -0.3 is 14.8 Å². The van der Waals surface area contributed by atoms with Crippen molar-refractivity contribution < 1.29 is 14.3 Å². The number of hydrogen-bond acceptors (Lipinski definition) is 7. The summed E-state index contributed by atoms with van der Waals surface area (Å²) in [5.74, 6) is 1.48. The number of rotatable bonds is 8. The number of nitrogens with zero attached hydrogens (tertiary/aromatic N) is 4. The van der Waals surface area contributed by atoms with Gasteiger partial charge in [0.15, 0.2) is 17.1 Å². The highest BCUT2D eigenvalue weighted by Gasteiger charge is 2.15. The number of aromatic nitrogens is 4. The van der Waals surface area contributed by atoms with Crippen molar-refractivity contribution in [3.05, 3.63) is 66.2 Å². The Morgan fingerprint density at radius 1 is 1.12 bits per heavy atom. The van der Waals surface area contributed by atoms with Crippen molar-refractivity contribution in [2.75, 3.05) is 20.0 Å². The number of ether oxygens (including phenoxy) is 2. The van der Waals surface area contributed by atoms with Gasteiger partial charge in [0.2, 0.25) is 5.91 Å². The Bertz CT molecular complexity index is 1240. The quantitative estimate of drug-likeness (QED) is 0.325. The fourth-order valence-corrected chi connectivity index (χ4v) is 4.13. The Morgan fingerprint density at radius 2 is 1.97 bits per heavy atom. The maximum absolute atomic E-state index is 12.3. The SMILES string of the molecule is COc1ccc(-c2cnn3c(SCC(=O)NCc4ccccn4)cc(C)nc23)cc1OC. The molecule has 1 aromatic carbocycles. The van der Waals surface area contributed by atoms with Crippen LogP contribution in [0.3, 0.4) is 0 Å². The van der Waals surface area contributed by atoms with Gasteiger partial charge in [-0.05, 0) is 42.8 Å². The summed E-state index contributed by atoms with van der Waals surface area (Å²) < 4.78 is 12.5. The highest BCUT2D eigenvalue weighted by Crippen LogP contribution is 2.34. The van der Waals surface area contributed by atoms with Crippen LogP contribution >= 0.6 is 11.8 Å². The van der Waals surface area contributed by atoms with E-state index in [2.05, 4.69) is 20.4 Å². The number of fused-ring (bicyclic) bond motifs is 1. The molecule has 0 spiro atoms. The van der Waals surface area contributed by atoms with Crippen molar-refractivity contribution in [3.63, 3.8) is 0 Å². The molecule has 1 N–H and O–H groups in total. The molecule has 0 fully saturated rings. The monoisotopic (exact) mass is 449 g/mol. The lowest BCUT2D eigenvalue weighted by Crippen LogP contribution is -2.25. The van der Waals surface area contributed by atoms with Crippen LogP contribution in [0.1, 0.15) is 11.4 Å². The number of amides is 1. The largest absolute Gasteiger partial charge is 0.493 e. The fraction of sp³-hybridized carbons (Fsp3) is 0.217. The van der Waals surface area contributed by atoms with Crippen LogP contribution in [0.4, 0.5) is 0 Å². The minimum atomic E-state index is -0.0736. The third kappa shape index (κ3) is 4.67. The van der Waals surface area contributed by atoms with Crippen LogP contribution in [0, 0.1) is 6.92 Å². The average Bonchev–Trinajstić information content (AvgIpc) is 3.25. The number of hydrogen-bond donors (Lipinski definition) is 1. The number of pyridine rings is 1. The van der Waals surface area contributed by atoms with E-state index in [9.17, 15) is 4.79 Å². The molecule has 0 bridgehead atoms. The van der Waals surface area contributed by atoms with Crippen LogP contribution in [0.5, 0.6) is 11.5 Å². The topological polar surface area (TPSA) is 90.6 Å². The molecule has 3 heterocycles. The van der Waals surface area contributed by atoms with Gasteiger partial charge in [-0.15, -0.1) is 0 Å². The first-order chi connectivity index (χ1) is 15.6. The van der Waals surface area contributed by atoms with Gasteiger partial charge in [0.1, 0.15) is 5.03 Å². The molecule has 0 saturated carbocycles. The molecule has 0 atom stereocenters. The zero-order chi connectivity index (χ0) is 22.5. The molecule has 0 aliphatic carbocycles. The average molecular weight is 450 g/mol. The number of thioether (sulfide) groups is 1. The van der Waals surface area contributed by atoms with Gasteiger partial charge in [0.25, 0.3) is 0 Å². The summed E-state index contributed by atoms with van der Waals surface area (Å²) in [6.45, 7) is 2.33. The highest BCUT2D eigenvalue weighted by atomic mass is 32.2. The second-order valence-electron chi connectivity index (χ2n) is 6.99. The molecule has 3 aromatic heterocycles. The second kappa shape index (κ2) is 9.69. The summed E-state index contributed by atoms with van der Waals surface area (Å²) in [4.78, 5) is 21.2. The van der Waals surface area contributed by atoms with E-state index in [4.69, 9.17) is 9.47 Å². The normalized spacial score (nSPS) is 10.8. The molecule has 32 heavy (non-hydrogen) atoms. The number of aryl methyl sites for hydroxylation is 1. The van der Waals surface area contributed by atoms with E-state index < -0.39 is 0 Å². The standard InChI is InChI=1S/C23H23N5O3S/c1-15-10-22(32-14-21(29)25-12-17-6-4-5-9-24-17)28-23(27-15)18(13-26-28)16-7-8-19(30-2)20(11-16)31-3/h4-11,13H,12,14H2,1-3H3,(H,25,29). The van der Waals surface area contributed by atoms with Crippen molar-refractivity contribution in [1.82, 2.24) is 24.9 Å². The molecular weight excluding hydrogens is 426 g/mol. The van der Waals surface area contributed by atoms with Gasteiger partial charge in [0, 0.05) is 17.5 Å². The van der Waals surface area contributed by atoms with Gasteiger partial charge in [0.05, 0.1) is 38.4 Å². The van der Waals surface area contributed by atoms with Gasteiger partial charge in [-0.1, -0.05) is 23.9 Å². The number of carbonyl (C=O) groups is 1. The minimum Gasteiger partial charge on any atom is -0.493 e. The smallest absolute Gasteiger partial charge is 0.230 e. The molecule has 4 aromatic rings. The summed E-state index contributed by atoms with van der Waals surface area (Å²) in [6.07, 6.45) is 3.48. The van der Waals surface area contributed by atoms with Gasteiger partial charge in [-0.3, -0.25) is 9.78 Å². The zero-order valence-corrected chi connectivity index (χ0v) is 18.8. The van der Waals surface area contributed by atoms with E-state index in [-0.39, 0.29) is 11.7 Å². The summed E-state index contributed by atoms with van der Waals surface area (Å²) in [5, 5.41) is 8.26. The highest BCUT2D eigenvalue weighted by molar-refractivity contribution is 7.99. The Kier molecular flexibility index (Phi) is 6.55. The maximum atomic E-state index is 12.3. The Morgan fingerprint density at radius 3 is 2.72 bits per heavy atom. The van der Waals surface area contributed by atoms with Crippen LogP contribution in [-0.2, 0) is 11.3 Å². The van der Waals surface area contributed by atoms with E-state index in [1.165, 1.54) is 11.8 Å². The Balaban J connectivity index is 1.54. The van der Waals surface area contributed by atoms with E-state index >= 15 is 0 Å². The van der Waals surface area contributed by atoms with Gasteiger partial charge in [-0.25, -0.2) is 9.50 Å². The molecule has 9 heteroatoms. The predicted octanol–water partition coefficient (Wildman–Crippen LogP) is 3.53. The minimum absolute atomic E-state index is 0.0736. The van der Waals surface area contributed by atoms with Crippen molar-refractivity contribution in [2.45, 2.75) is 18.5 Å². The third-order valence-corrected chi connectivity index (χ3v) is 5.80. The Hall–Kier alpha value is -3.59. The number of benzene rings is 1. The van der Waals surface area contributed by atoms with Crippen LogP contribution in [-0.4, -0.2) is 45.5 Å². The Labute approximate surface area is 190 Å². The van der Waals surface area contributed by atoms with Crippen LogP contribution in [0.15, 0.2) is 59.9 Å². The van der Waals surface area contributed by atoms with E-state index in [0.717, 1.165) is 27.5 Å². The lowest BCUT2D eigenvalue weighted by atomic mass is 10.1. The van der Waals surface area contributed by atoms with Gasteiger partial charge >= 0.3 is 0 Å². The van der Waals surface area contributed by atoms with E-state index in [1.807, 2.05) is 49.4 Å². The maximum Gasteiger partial charge on any atom is 0.230 e. The molecule has 8 nitrogen and oxygen atoms in total. The number of methoxy groups -OCH3 is 2. The van der Waals surface area contributed by atoms with Crippen LogP contribution < -0.4 is 14.8 Å². The van der Waals surface area contributed by atoms with Crippen molar-refractivity contribution >= 4 is 23.3 Å². The van der Waals surface area contributed by atoms with Crippen LogP contribution in [0.2, 0.25) is 0 Å². The van der Waals surface area contributed by atoms with E-state index in [0.29, 0.717) is 23.7 Å². The lowest BCUT2D eigenvalue weighted by molar-refractivity contribution is -0.118. The molecule has 0 unspecified atom stereocenters. The fourth-order valence-electron chi connectivity index (χ4n) is 3.24. The molecule has 0 radical (unpaired) electrons. The molecular formula is C23H23N5O3S. The number of nitrogens with one attached hydrogen (secondary N) is 1. The van der Waals surface area contributed by atoms with Gasteiger partial charge in [-0.2, -0.15) is 5.10 Å². The second-order valence-corrected chi connectivity index (χ2v) is 7.98. The summed E-state index contributed by atoms with van der Waals surface area (Å²) in [6, 6.07) is 13.2. The third-order valence-electron chi connectivity index (χ3n) is 4.81. The molecule has 4 rings (SSSR count). The summed E-state index contributed by atoms with van der Waals surface area (Å²) in [7, 11) is 3.21. The number of carbonyl (C=O) groups excluding carboxylic acids is 1. The molecule has 1 amide bonds. The summed E-state index contributed by atoms with van der Waals surface area (Å²) >= 11 is 1.41. The van der Waals surface area contributed by atoms with Crippen molar-refractivity contribution in [2.24, 2.45) is 0 Å². The van der Waals surface area contributed by atoms with Crippen molar-refractivity contribution in [1.29, 1.82) is 0 Å². The first-order valence-electron chi connectivity index (χ1n) is 9.96. The molecule has 0 aliphatic heterocycles. The first-order valence-corrected chi connectivity index (χ1v) is 10.9. The van der Waals surface area contributed by atoms with Crippen molar-refractivity contribution in [3.8, 4) is 22.6 Å². The van der Waals surface area contributed by atoms with Crippen LogP contribution in [0.25, 0.3) is 16.8 Å².